The van der Waals surface area contributed by atoms with E-state index in [0.717, 1.165) is 0 Å². The van der Waals surface area contributed by atoms with Gasteiger partial charge in [0.1, 0.15) is 5.57 Å². The first-order valence-corrected chi connectivity index (χ1v) is 7.96. The second kappa shape index (κ2) is 10.2. The summed E-state index contributed by atoms with van der Waals surface area (Å²) in [4.78, 5) is 61.6. The van der Waals surface area contributed by atoms with Gasteiger partial charge in [0, 0.05) is 19.3 Å². The normalized spacial score (nSPS) is 13.6. The number of carbonyl (C=O) groups is 5. The van der Waals surface area contributed by atoms with Crippen molar-refractivity contribution in [3.8, 4) is 0 Å². The Morgan fingerprint density at radius 2 is 1.60 bits per heavy atom. The number of imide groups is 1. The number of ether oxygens (including phenoxy) is 2. The third-order valence-electron chi connectivity index (χ3n) is 3.23. The van der Waals surface area contributed by atoms with Gasteiger partial charge in [-0.15, -0.1) is 5.06 Å². The van der Waals surface area contributed by atoms with Gasteiger partial charge in [-0.3, -0.25) is 9.59 Å². The van der Waals surface area contributed by atoms with Crippen LogP contribution in [0.1, 0.15) is 45.4 Å². The van der Waals surface area contributed by atoms with Gasteiger partial charge in [-0.1, -0.05) is 6.58 Å². The van der Waals surface area contributed by atoms with Crippen molar-refractivity contribution in [1.29, 1.82) is 0 Å². The van der Waals surface area contributed by atoms with Crippen LogP contribution in [0.2, 0.25) is 0 Å². The number of carbonyl (C=O) groups excluding carboxylic acids is 5. The van der Waals surface area contributed by atoms with Crippen LogP contribution in [0.4, 0.5) is 0 Å². The number of esters is 2. The summed E-state index contributed by atoms with van der Waals surface area (Å²) in [5, 5.41) is 0.505. The van der Waals surface area contributed by atoms with Gasteiger partial charge in [0.25, 0.3) is 11.8 Å². The van der Waals surface area contributed by atoms with Crippen molar-refractivity contribution in [2.24, 2.45) is 0 Å². The molecule has 1 rings (SSSR count). The van der Waals surface area contributed by atoms with Crippen LogP contribution >= 0.6 is 0 Å². The molecule has 25 heavy (non-hydrogen) atoms. The van der Waals surface area contributed by atoms with Crippen molar-refractivity contribution in [1.82, 2.24) is 5.06 Å². The average Bonchev–Trinajstić information content (AvgIpc) is 2.89. The molecule has 1 aliphatic heterocycles. The van der Waals surface area contributed by atoms with E-state index in [1.165, 1.54) is 0 Å². The minimum Gasteiger partial charge on any atom is -0.462 e. The van der Waals surface area contributed by atoms with E-state index in [1.54, 1.807) is 6.92 Å². The Morgan fingerprint density at radius 3 is 2.20 bits per heavy atom. The molecule has 2 amide bonds. The van der Waals surface area contributed by atoms with Gasteiger partial charge in [0.05, 0.1) is 13.2 Å². The molecule has 1 saturated heterocycles. The lowest BCUT2D eigenvalue weighted by molar-refractivity contribution is -0.197. The number of hydroxylamine groups is 2. The quantitative estimate of drug-likeness (QED) is 0.141. The molecule has 0 aliphatic carbocycles. The van der Waals surface area contributed by atoms with Crippen molar-refractivity contribution in [3.05, 3.63) is 12.2 Å². The van der Waals surface area contributed by atoms with Crippen molar-refractivity contribution < 1.29 is 38.3 Å². The van der Waals surface area contributed by atoms with E-state index < -0.39 is 29.7 Å². The van der Waals surface area contributed by atoms with Gasteiger partial charge in [0.2, 0.25) is 0 Å². The molecule has 0 atom stereocenters. The Balaban J connectivity index is 2.12. The SMILES string of the molecule is C=C(C(=O)OCC)C(=O)OCCCCCC(=O)ON1C(=O)CCC1=O. The van der Waals surface area contributed by atoms with Crippen LogP contribution < -0.4 is 0 Å². The Hall–Kier alpha value is -2.71. The van der Waals surface area contributed by atoms with Crippen molar-refractivity contribution >= 4 is 29.7 Å². The van der Waals surface area contributed by atoms with Crippen LogP contribution in [0, 0.1) is 0 Å². The molecule has 0 aromatic carbocycles. The van der Waals surface area contributed by atoms with Gasteiger partial charge in [0.15, 0.2) is 0 Å². The predicted molar refractivity (Wildman–Crippen MR) is 82.4 cm³/mol. The lowest BCUT2D eigenvalue weighted by Gasteiger charge is -2.12. The van der Waals surface area contributed by atoms with Gasteiger partial charge >= 0.3 is 17.9 Å². The highest BCUT2D eigenvalue weighted by Crippen LogP contribution is 2.13. The minimum atomic E-state index is -0.844. The molecule has 138 valence electrons. The lowest BCUT2D eigenvalue weighted by atomic mass is 10.2. The molecule has 0 N–H and O–H groups in total. The zero-order chi connectivity index (χ0) is 18.8. The van der Waals surface area contributed by atoms with Gasteiger partial charge in [-0.25, -0.2) is 14.4 Å². The van der Waals surface area contributed by atoms with E-state index in [4.69, 9.17) is 9.57 Å². The highest BCUT2D eigenvalue weighted by atomic mass is 16.7. The Kier molecular flexibility index (Phi) is 8.31. The molecule has 0 spiro atoms. The maximum absolute atomic E-state index is 11.5. The number of unbranched alkanes of at least 4 members (excludes halogenated alkanes) is 2. The molecule has 1 fully saturated rings. The van der Waals surface area contributed by atoms with E-state index in [2.05, 4.69) is 11.3 Å². The second-order valence-electron chi connectivity index (χ2n) is 5.19. The molecule has 9 heteroatoms. The van der Waals surface area contributed by atoms with E-state index in [-0.39, 0.29) is 38.0 Å². The zero-order valence-electron chi connectivity index (χ0n) is 14.1. The largest absolute Gasteiger partial charge is 0.462 e. The number of nitrogens with zero attached hydrogens (tertiary/aromatic N) is 1. The highest BCUT2D eigenvalue weighted by molar-refractivity contribution is 6.13. The third kappa shape index (κ3) is 6.74. The molecular weight excluding hydrogens is 334 g/mol. The van der Waals surface area contributed by atoms with Gasteiger partial charge in [-0.2, -0.15) is 0 Å². The van der Waals surface area contributed by atoms with Gasteiger partial charge in [-0.05, 0) is 26.2 Å². The molecule has 0 aromatic rings. The summed E-state index contributed by atoms with van der Waals surface area (Å²) in [6.45, 7) is 5.11. The first-order valence-electron chi connectivity index (χ1n) is 7.96. The van der Waals surface area contributed by atoms with Crippen molar-refractivity contribution in [2.45, 2.75) is 45.4 Å². The monoisotopic (exact) mass is 355 g/mol. The summed E-state index contributed by atoms with van der Waals surface area (Å²) >= 11 is 0. The molecule has 1 aliphatic rings. The van der Waals surface area contributed by atoms with Crippen molar-refractivity contribution in [2.75, 3.05) is 13.2 Å². The van der Waals surface area contributed by atoms with Crippen LogP contribution in [-0.4, -0.2) is 48.0 Å². The first-order chi connectivity index (χ1) is 11.9. The average molecular weight is 355 g/mol. The lowest BCUT2D eigenvalue weighted by Crippen LogP contribution is -2.31. The Morgan fingerprint density at radius 1 is 1.00 bits per heavy atom. The summed E-state index contributed by atoms with van der Waals surface area (Å²) in [7, 11) is 0. The fourth-order valence-electron chi connectivity index (χ4n) is 1.91. The molecule has 0 aromatic heterocycles. The molecule has 0 bridgehead atoms. The summed E-state index contributed by atoms with van der Waals surface area (Å²) < 4.78 is 9.48. The van der Waals surface area contributed by atoms with E-state index in [1.807, 2.05) is 0 Å². The van der Waals surface area contributed by atoms with Crippen LogP contribution in [0.3, 0.4) is 0 Å². The van der Waals surface area contributed by atoms with Gasteiger partial charge < -0.3 is 14.3 Å². The number of amides is 2. The predicted octanol–water partition coefficient (Wildman–Crippen LogP) is 0.816. The highest BCUT2D eigenvalue weighted by Gasteiger charge is 2.32. The smallest absolute Gasteiger partial charge is 0.344 e. The summed E-state index contributed by atoms with van der Waals surface area (Å²) in [5.74, 6) is -3.37. The fraction of sp³-hybridized carbons (Fsp3) is 0.562. The minimum absolute atomic E-state index is 0.0283. The third-order valence-corrected chi connectivity index (χ3v) is 3.23. The van der Waals surface area contributed by atoms with E-state index in [9.17, 15) is 24.0 Å². The molecule has 9 nitrogen and oxygen atoms in total. The van der Waals surface area contributed by atoms with Crippen LogP contribution in [0.5, 0.6) is 0 Å². The molecule has 0 radical (unpaired) electrons. The van der Waals surface area contributed by atoms with Crippen LogP contribution in [0.15, 0.2) is 12.2 Å². The number of hydrogen-bond acceptors (Lipinski definition) is 8. The Bertz CT molecular complexity index is 552. The fourth-order valence-corrected chi connectivity index (χ4v) is 1.91. The van der Waals surface area contributed by atoms with E-state index in [0.29, 0.717) is 24.3 Å². The molecule has 0 saturated carbocycles. The summed E-state index contributed by atoms with van der Waals surface area (Å²) in [5.41, 5.74) is -0.370. The topological polar surface area (TPSA) is 116 Å². The van der Waals surface area contributed by atoms with Crippen LogP contribution in [-0.2, 0) is 38.3 Å². The number of rotatable bonds is 10. The Labute approximate surface area is 144 Å². The first kappa shape index (κ1) is 20.3. The van der Waals surface area contributed by atoms with Crippen LogP contribution in [0.25, 0.3) is 0 Å². The number of hydrogen-bond donors (Lipinski definition) is 0. The van der Waals surface area contributed by atoms with Crippen molar-refractivity contribution in [3.63, 3.8) is 0 Å². The molecule has 1 heterocycles. The summed E-state index contributed by atoms with van der Waals surface area (Å²) in [6.07, 6.45) is 1.59. The standard InChI is InChI=1S/C16H21NO8/c1-3-23-15(21)11(2)16(22)24-10-6-4-5-7-14(20)25-17-12(18)8-9-13(17)19/h2-10H2,1H3. The maximum atomic E-state index is 11.5. The molecule has 0 unspecified atom stereocenters. The van der Waals surface area contributed by atoms with E-state index >= 15 is 0 Å². The second-order valence-corrected chi connectivity index (χ2v) is 5.19. The summed E-state index contributed by atoms with van der Waals surface area (Å²) in [6, 6.07) is 0. The zero-order valence-corrected chi connectivity index (χ0v) is 14.1. The maximum Gasteiger partial charge on any atom is 0.344 e. The molecular formula is C16H21NO8.